The van der Waals surface area contributed by atoms with Crippen molar-refractivity contribution in [2.24, 2.45) is 0 Å². The lowest BCUT2D eigenvalue weighted by Crippen LogP contribution is -2.43. The molecule has 1 saturated heterocycles. The van der Waals surface area contributed by atoms with Crippen molar-refractivity contribution < 1.29 is 23.4 Å². The maximum absolute atomic E-state index is 13.0. The van der Waals surface area contributed by atoms with Gasteiger partial charge in [0, 0.05) is 25.2 Å². The molecule has 8 heteroatoms. The first-order chi connectivity index (χ1) is 14.6. The van der Waals surface area contributed by atoms with Gasteiger partial charge >= 0.3 is 0 Å². The molecule has 0 spiro atoms. The predicted octanol–water partition coefficient (Wildman–Crippen LogP) is 2.93. The van der Waals surface area contributed by atoms with E-state index in [-0.39, 0.29) is 18.3 Å². The Balaban J connectivity index is 1.61. The van der Waals surface area contributed by atoms with Crippen LogP contribution in [-0.2, 0) is 16.1 Å². The standard InChI is InChI=1S/C22H25FN2O4S/c1-2-28-20-13-17(22(30)24-14-16-3-6-18(23)7-4-16)5-8-19(20)29-15-21(26)25-9-11-27-12-10-25/h3-8,13H,2,9-12,14-15H2,1H3,(H,24,30). The summed E-state index contributed by atoms with van der Waals surface area (Å²) in [6.45, 7) is 5.00. The first-order valence-corrected chi connectivity index (χ1v) is 10.3. The van der Waals surface area contributed by atoms with Gasteiger partial charge in [0.15, 0.2) is 18.1 Å². The third-order valence-corrected chi connectivity index (χ3v) is 4.97. The lowest BCUT2D eigenvalue weighted by molar-refractivity contribution is -0.137. The van der Waals surface area contributed by atoms with Crippen molar-refractivity contribution in [1.82, 2.24) is 10.2 Å². The number of nitrogens with one attached hydrogen (secondary N) is 1. The highest BCUT2D eigenvalue weighted by Crippen LogP contribution is 2.29. The summed E-state index contributed by atoms with van der Waals surface area (Å²) in [7, 11) is 0. The number of carbonyl (C=O) groups excluding carboxylic acids is 1. The predicted molar refractivity (Wildman–Crippen MR) is 115 cm³/mol. The average Bonchev–Trinajstić information content (AvgIpc) is 2.78. The zero-order chi connectivity index (χ0) is 21.3. The van der Waals surface area contributed by atoms with Crippen LogP contribution in [-0.4, -0.2) is 55.3 Å². The molecule has 0 bridgehead atoms. The summed E-state index contributed by atoms with van der Waals surface area (Å²) in [6.07, 6.45) is 0. The molecule has 2 aromatic carbocycles. The summed E-state index contributed by atoms with van der Waals surface area (Å²) in [6, 6.07) is 11.6. The maximum atomic E-state index is 13.0. The van der Waals surface area contributed by atoms with E-state index < -0.39 is 0 Å². The van der Waals surface area contributed by atoms with Crippen LogP contribution in [0.5, 0.6) is 11.5 Å². The summed E-state index contributed by atoms with van der Waals surface area (Å²) >= 11 is 5.47. The van der Waals surface area contributed by atoms with Gasteiger partial charge in [-0.2, -0.15) is 0 Å². The minimum atomic E-state index is -0.273. The van der Waals surface area contributed by atoms with E-state index in [4.69, 9.17) is 26.4 Å². The molecule has 0 aliphatic carbocycles. The van der Waals surface area contributed by atoms with Crippen LogP contribution in [0.2, 0.25) is 0 Å². The van der Waals surface area contributed by atoms with Crippen molar-refractivity contribution >= 4 is 23.1 Å². The molecule has 1 fully saturated rings. The number of morpholine rings is 1. The van der Waals surface area contributed by atoms with Crippen LogP contribution in [0.1, 0.15) is 18.1 Å². The van der Waals surface area contributed by atoms with Gasteiger partial charge in [0.1, 0.15) is 10.8 Å². The summed E-state index contributed by atoms with van der Waals surface area (Å²) in [4.78, 5) is 14.6. The van der Waals surface area contributed by atoms with E-state index in [1.807, 2.05) is 13.0 Å². The smallest absolute Gasteiger partial charge is 0.260 e. The topological polar surface area (TPSA) is 60.0 Å². The molecule has 0 atom stereocenters. The molecule has 0 saturated carbocycles. The van der Waals surface area contributed by atoms with Gasteiger partial charge in [0.05, 0.1) is 19.8 Å². The molecule has 1 amide bonds. The molecule has 1 aliphatic rings. The Morgan fingerprint density at radius 1 is 1.13 bits per heavy atom. The van der Waals surface area contributed by atoms with Crippen LogP contribution in [0.3, 0.4) is 0 Å². The fraction of sp³-hybridized carbons (Fsp3) is 0.364. The summed E-state index contributed by atoms with van der Waals surface area (Å²) in [5, 5.41) is 3.16. The second kappa shape index (κ2) is 10.9. The van der Waals surface area contributed by atoms with E-state index in [1.165, 1.54) is 12.1 Å². The van der Waals surface area contributed by atoms with Crippen molar-refractivity contribution in [2.75, 3.05) is 39.5 Å². The Hall–Kier alpha value is -2.71. The zero-order valence-corrected chi connectivity index (χ0v) is 17.7. The molecular formula is C22H25FN2O4S. The number of thiocarbonyl (C=S) groups is 1. The van der Waals surface area contributed by atoms with E-state index in [1.54, 1.807) is 29.2 Å². The van der Waals surface area contributed by atoms with Crippen LogP contribution in [0.15, 0.2) is 42.5 Å². The minimum absolute atomic E-state index is 0.0628. The van der Waals surface area contributed by atoms with E-state index in [2.05, 4.69) is 5.32 Å². The molecule has 3 rings (SSSR count). The average molecular weight is 433 g/mol. The number of hydrogen-bond acceptors (Lipinski definition) is 5. The molecule has 1 N–H and O–H groups in total. The summed E-state index contributed by atoms with van der Waals surface area (Å²) in [5.74, 6) is 0.658. The van der Waals surface area contributed by atoms with Gasteiger partial charge in [0.25, 0.3) is 5.91 Å². The Morgan fingerprint density at radius 3 is 2.57 bits per heavy atom. The third kappa shape index (κ3) is 6.14. The summed E-state index contributed by atoms with van der Waals surface area (Å²) in [5.41, 5.74) is 1.69. The van der Waals surface area contributed by atoms with Crippen molar-refractivity contribution in [3.8, 4) is 11.5 Å². The fourth-order valence-electron chi connectivity index (χ4n) is 2.97. The van der Waals surface area contributed by atoms with E-state index in [0.29, 0.717) is 55.9 Å². The third-order valence-electron chi connectivity index (χ3n) is 4.59. The van der Waals surface area contributed by atoms with E-state index >= 15 is 0 Å². The molecule has 2 aromatic rings. The number of nitrogens with zero attached hydrogens (tertiary/aromatic N) is 1. The number of carbonyl (C=O) groups is 1. The normalized spacial score (nSPS) is 13.6. The highest BCUT2D eigenvalue weighted by molar-refractivity contribution is 7.80. The van der Waals surface area contributed by atoms with Crippen molar-refractivity contribution in [1.29, 1.82) is 0 Å². The number of ether oxygens (including phenoxy) is 3. The number of halogens is 1. The molecule has 6 nitrogen and oxygen atoms in total. The molecule has 0 aromatic heterocycles. The first kappa shape index (κ1) is 22.0. The van der Waals surface area contributed by atoms with Crippen LogP contribution in [0.25, 0.3) is 0 Å². The van der Waals surface area contributed by atoms with Gasteiger partial charge in [-0.3, -0.25) is 4.79 Å². The quantitative estimate of drug-likeness (QED) is 0.648. The number of hydrogen-bond donors (Lipinski definition) is 1. The van der Waals surface area contributed by atoms with Crippen LogP contribution in [0, 0.1) is 5.82 Å². The molecule has 0 radical (unpaired) electrons. The molecule has 1 heterocycles. The number of benzene rings is 2. The molecule has 160 valence electrons. The molecule has 1 aliphatic heterocycles. The Labute approximate surface area is 180 Å². The van der Waals surface area contributed by atoms with Crippen molar-refractivity contribution in [3.63, 3.8) is 0 Å². The van der Waals surface area contributed by atoms with Gasteiger partial charge in [0.2, 0.25) is 0 Å². The van der Waals surface area contributed by atoms with Gasteiger partial charge < -0.3 is 24.4 Å². The van der Waals surface area contributed by atoms with Crippen LogP contribution in [0.4, 0.5) is 4.39 Å². The van der Waals surface area contributed by atoms with Crippen LogP contribution < -0.4 is 14.8 Å². The SMILES string of the molecule is CCOc1cc(C(=S)NCc2ccc(F)cc2)ccc1OCC(=O)N1CCOCC1. The fourth-order valence-corrected chi connectivity index (χ4v) is 3.17. The van der Waals surface area contributed by atoms with Crippen LogP contribution >= 0.6 is 12.2 Å². The lowest BCUT2D eigenvalue weighted by Gasteiger charge is -2.26. The summed E-state index contributed by atoms with van der Waals surface area (Å²) < 4.78 is 29.7. The molecule has 0 unspecified atom stereocenters. The Kier molecular flexibility index (Phi) is 7.98. The van der Waals surface area contributed by atoms with Gasteiger partial charge in [-0.1, -0.05) is 24.4 Å². The Morgan fingerprint density at radius 2 is 1.87 bits per heavy atom. The highest BCUT2D eigenvalue weighted by Gasteiger charge is 2.18. The largest absolute Gasteiger partial charge is 0.490 e. The maximum Gasteiger partial charge on any atom is 0.260 e. The van der Waals surface area contributed by atoms with Gasteiger partial charge in [-0.25, -0.2) is 4.39 Å². The first-order valence-electron chi connectivity index (χ1n) is 9.84. The van der Waals surface area contributed by atoms with Crippen molar-refractivity contribution in [3.05, 3.63) is 59.4 Å². The second-order valence-corrected chi connectivity index (χ2v) is 7.09. The van der Waals surface area contributed by atoms with Crippen molar-refractivity contribution in [2.45, 2.75) is 13.5 Å². The number of amides is 1. The van der Waals surface area contributed by atoms with Gasteiger partial charge in [-0.05, 0) is 42.8 Å². The monoisotopic (exact) mass is 432 g/mol. The second-order valence-electron chi connectivity index (χ2n) is 6.69. The lowest BCUT2D eigenvalue weighted by atomic mass is 10.1. The van der Waals surface area contributed by atoms with E-state index in [9.17, 15) is 9.18 Å². The van der Waals surface area contributed by atoms with Gasteiger partial charge in [-0.15, -0.1) is 0 Å². The highest BCUT2D eigenvalue weighted by atomic mass is 32.1. The Bertz CT molecular complexity index is 870. The van der Waals surface area contributed by atoms with E-state index in [0.717, 1.165) is 11.1 Å². The molecular weight excluding hydrogens is 407 g/mol. The zero-order valence-electron chi connectivity index (χ0n) is 16.9. The molecule has 30 heavy (non-hydrogen) atoms. The number of rotatable bonds is 8. The minimum Gasteiger partial charge on any atom is -0.490 e.